The minimum Gasteiger partial charge on any atom is -0.366 e. The molecule has 104 valence electrons. The second-order valence-corrected chi connectivity index (χ2v) is 4.77. The van der Waals surface area contributed by atoms with Crippen molar-refractivity contribution >= 4 is 11.8 Å². The molecule has 0 aliphatic carbocycles. The highest BCUT2D eigenvalue weighted by atomic mass is 16.2. The van der Waals surface area contributed by atoms with Crippen molar-refractivity contribution in [1.82, 2.24) is 10.2 Å². The van der Waals surface area contributed by atoms with Crippen LogP contribution in [0.15, 0.2) is 24.3 Å². The lowest BCUT2D eigenvalue weighted by Crippen LogP contribution is -2.36. The van der Waals surface area contributed by atoms with Gasteiger partial charge in [0, 0.05) is 30.3 Å². The maximum Gasteiger partial charge on any atom is 0.251 e. The molecule has 2 amide bonds. The van der Waals surface area contributed by atoms with Crippen LogP contribution in [0.3, 0.4) is 0 Å². The van der Waals surface area contributed by atoms with E-state index in [0.29, 0.717) is 23.7 Å². The molecule has 1 rings (SSSR count). The topological polar surface area (TPSA) is 75.4 Å². The number of hydrogen-bond donors (Lipinski definition) is 2. The Morgan fingerprint density at radius 3 is 2.21 bits per heavy atom. The van der Waals surface area contributed by atoms with Crippen molar-refractivity contribution in [3.8, 4) is 0 Å². The zero-order valence-corrected chi connectivity index (χ0v) is 11.6. The van der Waals surface area contributed by atoms with E-state index in [4.69, 9.17) is 5.73 Å². The fraction of sp³-hybridized carbons (Fsp3) is 0.429. The van der Waals surface area contributed by atoms with Crippen LogP contribution in [0.5, 0.6) is 0 Å². The molecule has 0 aromatic heterocycles. The maximum absolute atomic E-state index is 11.8. The van der Waals surface area contributed by atoms with Crippen molar-refractivity contribution in [3.63, 3.8) is 0 Å². The number of carbonyl (C=O) groups is 2. The number of primary amides is 1. The van der Waals surface area contributed by atoms with Gasteiger partial charge in [-0.15, -0.1) is 0 Å². The lowest BCUT2D eigenvalue weighted by molar-refractivity contribution is 0.0945. The van der Waals surface area contributed by atoms with Gasteiger partial charge in [0.2, 0.25) is 5.91 Å². The Labute approximate surface area is 113 Å². The Hall–Kier alpha value is -1.88. The van der Waals surface area contributed by atoms with Crippen LogP contribution in [0.4, 0.5) is 0 Å². The zero-order valence-electron chi connectivity index (χ0n) is 11.6. The molecular weight excluding hydrogens is 242 g/mol. The first-order valence-electron chi connectivity index (χ1n) is 6.30. The molecule has 0 atom stereocenters. The molecule has 0 unspecified atom stereocenters. The molecular formula is C14H21N3O2. The summed E-state index contributed by atoms with van der Waals surface area (Å²) < 4.78 is 0. The number of hydrogen-bond acceptors (Lipinski definition) is 3. The number of nitrogens with one attached hydrogen (secondary N) is 1. The van der Waals surface area contributed by atoms with Gasteiger partial charge in [-0.3, -0.25) is 9.59 Å². The number of amides is 2. The number of nitrogens with zero attached hydrogens (tertiary/aromatic N) is 1. The summed E-state index contributed by atoms with van der Waals surface area (Å²) in [6.07, 6.45) is 0. The summed E-state index contributed by atoms with van der Waals surface area (Å²) in [5, 5.41) is 2.84. The summed E-state index contributed by atoms with van der Waals surface area (Å²) in [5.74, 6) is -0.640. The second kappa shape index (κ2) is 6.89. The predicted octanol–water partition coefficient (Wildman–Crippen LogP) is 0.856. The smallest absolute Gasteiger partial charge is 0.251 e. The van der Waals surface area contributed by atoms with Crippen LogP contribution in [0.1, 0.15) is 34.6 Å². The molecule has 0 saturated carbocycles. The van der Waals surface area contributed by atoms with Gasteiger partial charge >= 0.3 is 0 Å². The Balaban J connectivity index is 2.48. The van der Waals surface area contributed by atoms with Gasteiger partial charge in [-0.25, -0.2) is 0 Å². The molecule has 0 aliphatic heterocycles. The summed E-state index contributed by atoms with van der Waals surface area (Å²) in [6, 6.07) is 6.75. The molecule has 0 radical (unpaired) electrons. The highest BCUT2D eigenvalue weighted by Gasteiger charge is 2.07. The van der Waals surface area contributed by atoms with Crippen molar-refractivity contribution in [1.29, 1.82) is 0 Å². The van der Waals surface area contributed by atoms with E-state index in [1.54, 1.807) is 24.3 Å². The minimum atomic E-state index is -0.495. The Kier molecular flexibility index (Phi) is 5.51. The average Bonchev–Trinajstić information content (AvgIpc) is 2.38. The minimum absolute atomic E-state index is 0.145. The largest absolute Gasteiger partial charge is 0.366 e. The van der Waals surface area contributed by atoms with Gasteiger partial charge in [-0.05, 0) is 45.2 Å². The zero-order chi connectivity index (χ0) is 14.4. The highest BCUT2D eigenvalue weighted by Crippen LogP contribution is 2.03. The van der Waals surface area contributed by atoms with Crippen molar-refractivity contribution in [2.75, 3.05) is 20.1 Å². The maximum atomic E-state index is 11.8. The third-order valence-electron chi connectivity index (χ3n) is 3.06. The average molecular weight is 263 g/mol. The third-order valence-corrected chi connectivity index (χ3v) is 3.06. The van der Waals surface area contributed by atoms with Crippen LogP contribution in [0.2, 0.25) is 0 Å². The normalized spacial score (nSPS) is 10.8. The standard InChI is InChI=1S/C14H21N3O2/c1-10(2)17(3)9-8-16-14(19)12-6-4-11(5-7-12)13(15)18/h4-7,10H,8-9H2,1-3H3,(H2,15,18)(H,16,19). The van der Waals surface area contributed by atoms with Crippen molar-refractivity contribution in [2.45, 2.75) is 19.9 Å². The van der Waals surface area contributed by atoms with Crippen LogP contribution < -0.4 is 11.1 Å². The van der Waals surface area contributed by atoms with Gasteiger partial charge in [-0.1, -0.05) is 0 Å². The van der Waals surface area contributed by atoms with E-state index in [1.807, 2.05) is 7.05 Å². The van der Waals surface area contributed by atoms with Gasteiger partial charge in [0.1, 0.15) is 0 Å². The quantitative estimate of drug-likeness (QED) is 0.799. The van der Waals surface area contributed by atoms with Crippen molar-refractivity contribution < 1.29 is 9.59 Å². The summed E-state index contributed by atoms with van der Waals surface area (Å²) in [7, 11) is 2.01. The number of benzene rings is 1. The van der Waals surface area contributed by atoms with Crippen molar-refractivity contribution in [3.05, 3.63) is 35.4 Å². The number of rotatable bonds is 6. The third kappa shape index (κ3) is 4.71. The molecule has 0 bridgehead atoms. The first-order chi connectivity index (χ1) is 8.91. The van der Waals surface area contributed by atoms with E-state index in [0.717, 1.165) is 6.54 Å². The second-order valence-electron chi connectivity index (χ2n) is 4.77. The van der Waals surface area contributed by atoms with E-state index < -0.39 is 5.91 Å². The molecule has 5 nitrogen and oxygen atoms in total. The molecule has 0 saturated heterocycles. The molecule has 0 aliphatic rings. The van der Waals surface area contributed by atoms with Crippen molar-refractivity contribution in [2.24, 2.45) is 5.73 Å². The number of carbonyl (C=O) groups excluding carboxylic acids is 2. The monoisotopic (exact) mass is 263 g/mol. The van der Waals surface area contributed by atoms with Crippen LogP contribution in [-0.2, 0) is 0 Å². The molecule has 3 N–H and O–H groups in total. The highest BCUT2D eigenvalue weighted by molar-refractivity contribution is 5.97. The Morgan fingerprint density at radius 1 is 1.21 bits per heavy atom. The summed E-state index contributed by atoms with van der Waals surface area (Å²) in [5.41, 5.74) is 6.06. The summed E-state index contributed by atoms with van der Waals surface area (Å²) in [6.45, 7) is 5.59. The van der Waals surface area contributed by atoms with E-state index in [1.165, 1.54) is 0 Å². The van der Waals surface area contributed by atoms with Gasteiger partial charge in [-0.2, -0.15) is 0 Å². The molecule has 1 aromatic rings. The van der Waals surface area contributed by atoms with E-state index in [-0.39, 0.29) is 5.91 Å². The first kappa shape index (κ1) is 15.2. The van der Waals surface area contributed by atoms with Crippen LogP contribution >= 0.6 is 0 Å². The van der Waals surface area contributed by atoms with Crippen LogP contribution in [-0.4, -0.2) is 42.9 Å². The first-order valence-corrected chi connectivity index (χ1v) is 6.30. The van der Waals surface area contributed by atoms with Gasteiger partial charge in [0.25, 0.3) is 5.91 Å². The van der Waals surface area contributed by atoms with Crippen LogP contribution in [0.25, 0.3) is 0 Å². The van der Waals surface area contributed by atoms with Crippen LogP contribution in [0, 0.1) is 0 Å². The van der Waals surface area contributed by atoms with E-state index in [2.05, 4.69) is 24.1 Å². The predicted molar refractivity (Wildman–Crippen MR) is 75.1 cm³/mol. The molecule has 5 heteroatoms. The van der Waals surface area contributed by atoms with Gasteiger partial charge in [0.15, 0.2) is 0 Å². The Morgan fingerprint density at radius 2 is 1.74 bits per heavy atom. The van der Waals surface area contributed by atoms with E-state index in [9.17, 15) is 9.59 Å². The SMILES string of the molecule is CC(C)N(C)CCNC(=O)c1ccc(C(N)=O)cc1. The van der Waals surface area contributed by atoms with E-state index >= 15 is 0 Å². The molecule has 0 spiro atoms. The summed E-state index contributed by atoms with van der Waals surface area (Å²) in [4.78, 5) is 24.9. The molecule has 1 aromatic carbocycles. The molecule has 0 heterocycles. The van der Waals surface area contributed by atoms with Gasteiger partial charge in [0.05, 0.1) is 0 Å². The summed E-state index contributed by atoms with van der Waals surface area (Å²) >= 11 is 0. The fourth-order valence-electron chi connectivity index (χ4n) is 1.49. The lowest BCUT2D eigenvalue weighted by atomic mass is 10.1. The molecule has 0 fully saturated rings. The number of nitrogens with two attached hydrogens (primary N) is 1. The number of likely N-dealkylation sites (N-methyl/N-ethyl adjacent to an activating group) is 1. The molecule has 19 heavy (non-hydrogen) atoms. The Bertz CT molecular complexity index is 441. The fourth-order valence-corrected chi connectivity index (χ4v) is 1.49. The lowest BCUT2D eigenvalue weighted by Gasteiger charge is -2.20. The van der Waals surface area contributed by atoms with Gasteiger partial charge < -0.3 is 16.0 Å².